The van der Waals surface area contributed by atoms with E-state index in [1.165, 1.54) is 41.4 Å². The van der Waals surface area contributed by atoms with Crippen LogP contribution < -0.4 is 15.5 Å². The van der Waals surface area contributed by atoms with Crippen LogP contribution >= 0.6 is 11.8 Å². The molecule has 1 aromatic heterocycles. The van der Waals surface area contributed by atoms with Crippen LogP contribution in [0.4, 0.5) is 22.0 Å². The maximum atomic E-state index is 11.9. The number of nitrogens with one attached hydrogen (secondary N) is 2. The number of carbonyl (C=O) groups excluding carboxylic acids is 1. The van der Waals surface area contributed by atoms with Crippen molar-refractivity contribution in [1.29, 1.82) is 0 Å². The molecule has 1 fully saturated rings. The smallest absolute Gasteiger partial charge is 0.411 e. The molecule has 2 N–H and O–H groups in total. The summed E-state index contributed by atoms with van der Waals surface area (Å²) < 4.78 is 10.6. The molecule has 0 bridgehead atoms. The summed E-state index contributed by atoms with van der Waals surface area (Å²) in [5, 5.41) is 6.24. The van der Waals surface area contributed by atoms with E-state index < -0.39 is 6.09 Å². The van der Waals surface area contributed by atoms with Gasteiger partial charge in [-0.2, -0.15) is 0 Å². The van der Waals surface area contributed by atoms with Gasteiger partial charge in [0, 0.05) is 47.7 Å². The molecule has 198 valence electrons. The average molecular weight is 531 g/mol. The number of morpholine rings is 1. The summed E-state index contributed by atoms with van der Waals surface area (Å²) in [7, 11) is 0. The average Bonchev–Trinajstić information content (AvgIpc) is 3.43. The Hall–Kier alpha value is -3.49. The van der Waals surface area contributed by atoms with Crippen molar-refractivity contribution in [3.8, 4) is 0 Å². The number of nitrogens with zero attached hydrogens (tertiary/aromatic N) is 2. The van der Waals surface area contributed by atoms with Crippen LogP contribution in [-0.2, 0) is 34.6 Å². The topological polar surface area (TPSA) is 75.7 Å². The fourth-order valence-electron chi connectivity index (χ4n) is 4.78. The van der Waals surface area contributed by atoms with Crippen molar-refractivity contribution in [2.45, 2.75) is 36.5 Å². The number of anilines is 3. The molecule has 0 saturated carbocycles. The number of benzene rings is 2. The summed E-state index contributed by atoms with van der Waals surface area (Å²) in [5.74, 6) is 1.64. The summed E-state index contributed by atoms with van der Waals surface area (Å²) in [6, 6.07) is 18.9. The lowest BCUT2D eigenvalue weighted by Gasteiger charge is -2.29. The molecule has 1 aliphatic carbocycles. The van der Waals surface area contributed by atoms with Gasteiger partial charge in [-0.15, -0.1) is 11.8 Å². The number of amides is 1. The SMILES string of the molecule is C=CCOC(=O)Nc1cccc(CNc2cc(N3CCOCC3)cc(CSc3ccc4c(c3)CCC4)n2)c1. The fourth-order valence-corrected chi connectivity index (χ4v) is 5.63. The summed E-state index contributed by atoms with van der Waals surface area (Å²) in [6.45, 7) is 7.52. The number of rotatable bonds is 10. The highest BCUT2D eigenvalue weighted by molar-refractivity contribution is 7.98. The molecule has 1 saturated heterocycles. The summed E-state index contributed by atoms with van der Waals surface area (Å²) in [4.78, 5) is 20.5. The Labute approximate surface area is 228 Å². The van der Waals surface area contributed by atoms with Crippen molar-refractivity contribution in [3.05, 3.63) is 89.6 Å². The normalized spacial score (nSPS) is 14.6. The van der Waals surface area contributed by atoms with Crippen molar-refractivity contribution < 1.29 is 14.3 Å². The van der Waals surface area contributed by atoms with Gasteiger partial charge in [0.05, 0.1) is 18.9 Å². The van der Waals surface area contributed by atoms with Crippen LogP contribution in [0.1, 0.15) is 28.8 Å². The number of fused-ring (bicyclic) bond motifs is 1. The molecule has 2 aliphatic rings. The van der Waals surface area contributed by atoms with Gasteiger partial charge in [0.25, 0.3) is 0 Å². The molecule has 1 amide bonds. The Balaban J connectivity index is 1.28. The molecule has 38 heavy (non-hydrogen) atoms. The zero-order valence-electron chi connectivity index (χ0n) is 21.6. The van der Waals surface area contributed by atoms with Gasteiger partial charge in [0.1, 0.15) is 12.4 Å². The molecule has 2 aromatic carbocycles. The molecule has 0 radical (unpaired) electrons. The van der Waals surface area contributed by atoms with Crippen LogP contribution in [0.2, 0.25) is 0 Å². The van der Waals surface area contributed by atoms with Crippen LogP contribution in [0.3, 0.4) is 0 Å². The zero-order valence-corrected chi connectivity index (χ0v) is 22.4. The fraction of sp³-hybridized carbons (Fsp3) is 0.333. The third-order valence-corrected chi connectivity index (χ3v) is 7.70. The molecule has 5 rings (SSSR count). The molecule has 0 unspecified atom stereocenters. The van der Waals surface area contributed by atoms with Crippen LogP contribution in [0.25, 0.3) is 0 Å². The van der Waals surface area contributed by atoms with Gasteiger partial charge in [0.2, 0.25) is 0 Å². The first-order valence-electron chi connectivity index (χ1n) is 13.1. The van der Waals surface area contributed by atoms with Crippen molar-refractivity contribution in [2.75, 3.05) is 48.4 Å². The maximum absolute atomic E-state index is 11.9. The monoisotopic (exact) mass is 530 g/mol. The number of ether oxygens (including phenoxy) is 2. The second-order valence-electron chi connectivity index (χ2n) is 9.44. The van der Waals surface area contributed by atoms with E-state index >= 15 is 0 Å². The molecule has 3 aromatic rings. The van der Waals surface area contributed by atoms with Crippen LogP contribution in [0.15, 0.2) is 72.1 Å². The van der Waals surface area contributed by atoms with Gasteiger partial charge in [-0.05, 0) is 66.3 Å². The third-order valence-electron chi connectivity index (χ3n) is 6.68. The first-order chi connectivity index (χ1) is 18.7. The van der Waals surface area contributed by atoms with E-state index in [-0.39, 0.29) is 6.61 Å². The van der Waals surface area contributed by atoms with Gasteiger partial charge >= 0.3 is 6.09 Å². The Kier molecular flexibility index (Phi) is 8.83. The van der Waals surface area contributed by atoms with E-state index in [2.05, 4.69) is 52.4 Å². The summed E-state index contributed by atoms with van der Waals surface area (Å²) in [6.07, 6.45) is 4.70. The van der Waals surface area contributed by atoms with Gasteiger partial charge in [0.15, 0.2) is 0 Å². The highest BCUT2D eigenvalue weighted by Crippen LogP contribution is 2.31. The predicted octanol–water partition coefficient (Wildman–Crippen LogP) is 6.05. The Morgan fingerprint density at radius 1 is 1.11 bits per heavy atom. The second-order valence-corrected chi connectivity index (χ2v) is 10.5. The lowest BCUT2D eigenvalue weighted by Crippen LogP contribution is -2.36. The van der Waals surface area contributed by atoms with E-state index in [1.807, 2.05) is 36.0 Å². The number of hydrogen-bond acceptors (Lipinski definition) is 7. The minimum Gasteiger partial charge on any atom is -0.445 e. The van der Waals surface area contributed by atoms with E-state index in [4.69, 9.17) is 14.5 Å². The third kappa shape index (κ3) is 7.08. The Bertz CT molecular complexity index is 1280. The molecule has 2 heterocycles. The van der Waals surface area contributed by atoms with Crippen LogP contribution in [0.5, 0.6) is 0 Å². The first-order valence-corrected chi connectivity index (χ1v) is 14.1. The summed E-state index contributed by atoms with van der Waals surface area (Å²) >= 11 is 1.84. The van der Waals surface area contributed by atoms with Crippen LogP contribution in [-0.4, -0.2) is 44.0 Å². The van der Waals surface area contributed by atoms with Crippen molar-refractivity contribution in [1.82, 2.24) is 4.98 Å². The quantitative estimate of drug-likeness (QED) is 0.244. The molecule has 7 nitrogen and oxygen atoms in total. The van der Waals surface area contributed by atoms with Crippen molar-refractivity contribution >= 4 is 35.0 Å². The highest BCUT2D eigenvalue weighted by atomic mass is 32.2. The minimum atomic E-state index is -0.500. The number of aryl methyl sites for hydroxylation is 2. The lowest BCUT2D eigenvalue weighted by molar-refractivity contribution is 0.122. The molecule has 0 spiro atoms. The standard InChI is InChI=1S/C30H34N4O3S/c1-2-13-37-30(35)33-25-8-3-5-22(16-25)20-31-29-19-27(34-11-14-36-15-12-34)18-26(32-29)21-38-28-10-9-23-6-4-7-24(23)17-28/h2-3,5,8-10,16-19H,1,4,6-7,11-15,20-21H2,(H,31,32)(H,33,35). The van der Waals surface area contributed by atoms with Crippen LogP contribution in [0, 0.1) is 0 Å². The van der Waals surface area contributed by atoms with E-state index in [1.54, 1.807) is 0 Å². The zero-order chi connectivity index (χ0) is 26.2. The largest absolute Gasteiger partial charge is 0.445 e. The minimum absolute atomic E-state index is 0.172. The number of thioether (sulfide) groups is 1. The maximum Gasteiger partial charge on any atom is 0.411 e. The first kappa shape index (κ1) is 26.1. The van der Waals surface area contributed by atoms with Gasteiger partial charge in [-0.25, -0.2) is 9.78 Å². The van der Waals surface area contributed by atoms with E-state index in [9.17, 15) is 4.79 Å². The van der Waals surface area contributed by atoms with Gasteiger partial charge < -0.3 is 19.7 Å². The van der Waals surface area contributed by atoms with Crippen molar-refractivity contribution in [2.24, 2.45) is 0 Å². The predicted molar refractivity (Wildman–Crippen MR) is 154 cm³/mol. The van der Waals surface area contributed by atoms with Gasteiger partial charge in [-0.3, -0.25) is 5.32 Å². The Morgan fingerprint density at radius 2 is 1.97 bits per heavy atom. The Morgan fingerprint density at radius 3 is 2.84 bits per heavy atom. The number of aromatic nitrogens is 1. The highest BCUT2D eigenvalue weighted by Gasteiger charge is 2.15. The van der Waals surface area contributed by atoms with E-state index in [0.29, 0.717) is 12.2 Å². The number of hydrogen-bond donors (Lipinski definition) is 2. The molecular formula is C30H34N4O3S. The second kappa shape index (κ2) is 12.8. The van der Waals surface area contributed by atoms with Crippen molar-refractivity contribution in [3.63, 3.8) is 0 Å². The van der Waals surface area contributed by atoms with Gasteiger partial charge in [-0.1, -0.05) is 30.9 Å². The molecule has 8 heteroatoms. The number of pyridine rings is 1. The molecule has 0 atom stereocenters. The lowest BCUT2D eigenvalue weighted by atomic mass is 10.1. The molecular weight excluding hydrogens is 496 g/mol. The summed E-state index contributed by atoms with van der Waals surface area (Å²) in [5.41, 5.74) is 6.91. The number of carbonyl (C=O) groups is 1. The van der Waals surface area contributed by atoms with E-state index in [0.717, 1.165) is 54.8 Å². The molecule has 1 aliphatic heterocycles.